The average Bonchev–Trinajstić information content (AvgIpc) is 2.67. The predicted molar refractivity (Wildman–Crippen MR) is 44.6 cm³/mol. The second-order valence-electron chi connectivity index (χ2n) is 3.52. The molecule has 1 rings (SSSR count). The fraction of sp³-hybridized carbons (Fsp3) is 0.778. The van der Waals surface area contributed by atoms with Gasteiger partial charge in [0.25, 0.3) is 0 Å². The molecule has 1 unspecified atom stereocenters. The van der Waals surface area contributed by atoms with Crippen molar-refractivity contribution in [3.63, 3.8) is 0 Å². The zero-order valence-electron chi connectivity index (χ0n) is 7.30. The van der Waals surface area contributed by atoms with E-state index in [2.05, 4.69) is 20.4 Å². The molecule has 1 fully saturated rings. The van der Waals surface area contributed by atoms with Crippen LogP contribution in [0.15, 0.2) is 12.7 Å². The molecule has 1 aliphatic heterocycles. The molecule has 0 saturated carbocycles. The quantitative estimate of drug-likeness (QED) is 0.447. The summed E-state index contributed by atoms with van der Waals surface area (Å²) in [6.07, 6.45) is 3.20. The maximum atomic E-state index is 5.53. The van der Waals surface area contributed by atoms with E-state index in [-0.39, 0.29) is 5.60 Å². The molecule has 0 aromatic rings. The fourth-order valence-electron chi connectivity index (χ4n) is 1.08. The van der Waals surface area contributed by atoms with Crippen molar-refractivity contribution < 1.29 is 9.47 Å². The van der Waals surface area contributed by atoms with Crippen molar-refractivity contribution >= 4 is 0 Å². The SMILES string of the molecule is C=CCOC(C)(C)CC1CO1. The van der Waals surface area contributed by atoms with Crippen molar-refractivity contribution in [3.8, 4) is 0 Å². The third-order valence-corrected chi connectivity index (χ3v) is 1.71. The van der Waals surface area contributed by atoms with E-state index in [0.29, 0.717) is 12.7 Å². The first-order valence-corrected chi connectivity index (χ1v) is 4.00. The summed E-state index contributed by atoms with van der Waals surface area (Å²) in [4.78, 5) is 0. The first-order chi connectivity index (χ1) is 5.14. The zero-order valence-corrected chi connectivity index (χ0v) is 7.30. The van der Waals surface area contributed by atoms with E-state index in [0.717, 1.165) is 13.0 Å². The summed E-state index contributed by atoms with van der Waals surface area (Å²) in [7, 11) is 0. The maximum absolute atomic E-state index is 5.53. The van der Waals surface area contributed by atoms with Crippen LogP contribution in [0.3, 0.4) is 0 Å². The molecule has 2 nitrogen and oxygen atoms in total. The molecule has 0 radical (unpaired) electrons. The van der Waals surface area contributed by atoms with E-state index in [1.807, 2.05) is 0 Å². The van der Waals surface area contributed by atoms with Gasteiger partial charge in [0.15, 0.2) is 0 Å². The monoisotopic (exact) mass is 156 g/mol. The summed E-state index contributed by atoms with van der Waals surface area (Å²) in [5.41, 5.74) is -0.0602. The van der Waals surface area contributed by atoms with Gasteiger partial charge in [-0.15, -0.1) is 6.58 Å². The average molecular weight is 156 g/mol. The lowest BCUT2D eigenvalue weighted by Gasteiger charge is -2.23. The van der Waals surface area contributed by atoms with Crippen molar-refractivity contribution in [1.82, 2.24) is 0 Å². The lowest BCUT2D eigenvalue weighted by molar-refractivity contribution is -0.0120. The van der Waals surface area contributed by atoms with Crippen LogP contribution in [-0.4, -0.2) is 24.9 Å². The minimum atomic E-state index is -0.0602. The molecule has 1 aliphatic rings. The first-order valence-electron chi connectivity index (χ1n) is 4.00. The Morgan fingerprint density at radius 1 is 1.73 bits per heavy atom. The third kappa shape index (κ3) is 3.54. The van der Waals surface area contributed by atoms with E-state index in [1.54, 1.807) is 6.08 Å². The standard InChI is InChI=1S/C9H16O2/c1-4-5-11-9(2,3)6-8-7-10-8/h4,8H,1,5-7H2,2-3H3. The van der Waals surface area contributed by atoms with Crippen molar-refractivity contribution in [2.24, 2.45) is 0 Å². The van der Waals surface area contributed by atoms with Gasteiger partial charge in [-0.25, -0.2) is 0 Å². The topological polar surface area (TPSA) is 21.8 Å². The Balaban J connectivity index is 2.18. The number of epoxide rings is 1. The van der Waals surface area contributed by atoms with Crippen LogP contribution in [0.1, 0.15) is 20.3 Å². The van der Waals surface area contributed by atoms with Gasteiger partial charge in [-0.1, -0.05) is 6.08 Å². The van der Waals surface area contributed by atoms with E-state index in [9.17, 15) is 0 Å². The molecule has 0 spiro atoms. The Hall–Kier alpha value is -0.340. The Kier molecular flexibility index (Phi) is 2.68. The summed E-state index contributed by atoms with van der Waals surface area (Å²) in [6, 6.07) is 0. The summed E-state index contributed by atoms with van der Waals surface area (Å²) in [5.74, 6) is 0. The van der Waals surface area contributed by atoms with Gasteiger partial charge in [0.2, 0.25) is 0 Å². The Labute approximate surface area is 68.2 Å². The molecule has 1 saturated heterocycles. The minimum absolute atomic E-state index is 0.0602. The molecule has 1 heterocycles. The Morgan fingerprint density at radius 3 is 2.82 bits per heavy atom. The van der Waals surface area contributed by atoms with Crippen LogP contribution in [0.2, 0.25) is 0 Å². The number of rotatable bonds is 5. The Bertz CT molecular complexity index is 136. The highest BCUT2D eigenvalue weighted by Gasteiger charge is 2.31. The molecule has 0 N–H and O–H groups in total. The molecular formula is C9H16O2. The van der Waals surface area contributed by atoms with Gasteiger partial charge >= 0.3 is 0 Å². The van der Waals surface area contributed by atoms with Gasteiger partial charge in [0, 0.05) is 6.42 Å². The first kappa shape index (κ1) is 8.75. The van der Waals surface area contributed by atoms with E-state index >= 15 is 0 Å². The van der Waals surface area contributed by atoms with Crippen molar-refractivity contribution in [2.45, 2.75) is 32.0 Å². The van der Waals surface area contributed by atoms with E-state index in [1.165, 1.54) is 0 Å². The predicted octanol–water partition coefficient (Wildman–Crippen LogP) is 1.76. The van der Waals surface area contributed by atoms with Gasteiger partial charge in [-0.2, -0.15) is 0 Å². The molecule has 11 heavy (non-hydrogen) atoms. The van der Waals surface area contributed by atoms with Gasteiger partial charge < -0.3 is 9.47 Å². The molecule has 0 aliphatic carbocycles. The fourth-order valence-corrected chi connectivity index (χ4v) is 1.08. The minimum Gasteiger partial charge on any atom is -0.373 e. The lowest BCUT2D eigenvalue weighted by atomic mass is 10.0. The summed E-state index contributed by atoms with van der Waals surface area (Å²) in [5, 5.41) is 0. The van der Waals surface area contributed by atoms with Crippen LogP contribution in [0.4, 0.5) is 0 Å². The Morgan fingerprint density at radius 2 is 2.36 bits per heavy atom. The van der Waals surface area contributed by atoms with Gasteiger partial charge in [-0.05, 0) is 13.8 Å². The van der Waals surface area contributed by atoms with Gasteiger partial charge in [0.1, 0.15) is 0 Å². The smallest absolute Gasteiger partial charge is 0.0837 e. The summed E-state index contributed by atoms with van der Waals surface area (Å²) < 4.78 is 10.6. The van der Waals surface area contributed by atoms with Crippen LogP contribution in [0.25, 0.3) is 0 Å². The highest BCUT2D eigenvalue weighted by atomic mass is 16.6. The molecule has 2 heteroatoms. The van der Waals surface area contributed by atoms with Crippen molar-refractivity contribution in [2.75, 3.05) is 13.2 Å². The molecule has 0 aromatic carbocycles. The number of hydrogen-bond acceptors (Lipinski definition) is 2. The molecule has 64 valence electrons. The second-order valence-corrected chi connectivity index (χ2v) is 3.52. The second kappa shape index (κ2) is 3.37. The van der Waals surface area contributed by atoms with Crippen LogP contribution in [0, 0.1) is 0 Å². The van der Waals surface area contributed by atoms with Crippen molar-refractivity contribution in [1.29, 1.82) is 0 Å². The zero-order chi connectivity index (χ0) is 8.32. The van der Waals surface area contributed by atoms with Crippen LogP contribution in [-0.2, 0) is 9.47 Å². The van der Waals surface area contributed by atoms with Gasteiger partial charge in [0.05, 0.1) is 24.9 Å². The number of hydrogen-bond donors (Lipinski definition) is 0. The third-order valence-electron chi connectivity index (χ3n) is 1.71. The normalized spacial score (nSPS) is 23.3. The molecule has 1 atom stereocenters. The maximum Gasteiger partial charge on any atom is 0.0837 e. The van der Waals surface area contributed by atoms with Crippen LogP contribution >= 0.6 is 0 Å². The molecule has 0 bridgehead atoms. The van der Waals surface area contributed by atoms with E-state index in [4.69, 9.17) is 9.47 Å². The molecule has 0 aromatic heterocycles. The van der Waals surface area contributed by atoms with Crippen LogP contribution in [0.5, 0.6) is 0 Å². The number of ether oxygens (including phenoxy) is 2. The summed E-state index contributed by atoms with van der Waals surface area (Å²) in [6.45, 7) is 9.29. The largest absolute Gasteiger partial charge is 0.373 e. The van der Waals surface area contributed by atoms with Crippen LogP contribution < -0.4 is 0 Å². The van der Waals surface area contributed by atoms with E-state index < -0.39 is 0 Å². The highest BCUT2D eigenvalue weighted by Crippen LogP contribution is 2.24. The van der Waals surface area contributed by atoms with Gasteiger partial charge in [-0.3, -0.25) is 0 Å². The highest BCUT2D eigenvalue weighted by molar-refractivity contribution is 4.81. The summed E-state index contributed by atoms with van der Waals surface area (Å²) >= 11 is 0. The van der Waals surface area contributed by atoms with Crippen molar-refractivity contribution in [3.05, 3.63) is 12.7 Å². The molecule has 0 amide bonds. The lowest BCUT2D eigenvalue weighted by Crippen LogP contribution is -2.26. The molecular weight excluding hydrogens is 140 g/mol.